The van der Waals surface area contributed by atoms with Gasteiger partial charge in [-0.25, -0.2) is 0 Å². The number of nitrogens with zero attached hydrogens (tertiary/aromatic N) is 1. The largest absolute Gasteiger partial charge is 0.506 e. The van der Waals surface area contributed by atoms with Crippen LogP contribution in [-0.2, 0) is 4.79 Å². The van der Waals surface area contributed by atoms with Gasteiger partial charge in [0.25, 0.3) is 5.91 Å². The lowest BCUT2D eigenvalue weighted by molar-refractivity contribution is -0.117. The normalized spacial score (nSPS) is 16.4. The highest BCUT2D eigenvalue weighted by molar-refractivity contribution is 6.04. The maximum Gasteiger partial charge on any atom is 0.258 e. The molecule has 6 nitrogen and oxygen atoms in total. The molecule has 0 spiro atoms. The predicted molar refractivity (Wildman–Crippen MR) is 96.5 cm³/mol. The number of amides is 2. The van der Waals surface area contributed by atoms with E-state index in [1.807, 2.05) is 26.0 Å². The number of nitrogens with one attached hydrogen (secondary N) is 2. The van der Waals surface area contributed by atoms with Gasteiger partial charge in [-0.3, -0.25) is 9.59 Å². The van der Waals surface area contributed by atoms with Crippen LogP contribution in [0, 0.1) is 5.92 Å². The molecule has 3 N–H and O–H groups in total. The van der Waals surface area contributed by atoms with E-state index in [4.69, 9.17) is 0 Å². The lowest BCUT2D eigenvalue weighted by atomic mass is 10.0. The Labute approximate surface area is 146 Å². The Morgan fingerprint density at radius 1 is 1.20 bits per heavy atom. The third-order valence-corrected chi connectivity index (χ3v) is 4.18. The van der Waals surface area contributed by atoms with E-state index in [-0.39, 0.29) is 36.2 Å². The molecule has 0 fully saturated rings. The summed E-state index contributed by atoms with van der Waals surface area (Å²) in [4.78, 5) is 26.8. The zero-order chi connectivity index (χ0) is 18.0. The van der Waals surface area contributed by atoms with E-state index < -0.39 is 0 Å². The van der Waals surface area contributed by atoms with Crippen molar-refractivity contribution < 1.29 is 14.7 Å². The molecule has 0 saturated carbocycles. The number of fused-ring (bicyclic) bond motifs is 1. The highest BCUT2D eigenvalue weighted by Crippen LogP contribution is 2.28. The molecule has 1 unspecified atom stereocenters. The van der Waals surface area contributed by atoms with Crippen LogP contribution >= 0.6 is 0 Å². The third kappa shape index (κ3) is 3.42. The molecule has 2 aromatic rings. The molecule has 2 aromatic carbocycles. The van der Waals surface area contributed by atoms with Crippen LogP contribution in [0.2, 0.25) is 0 Å². The Morgan fingerprint density at radius 2 is 1.88 bits per heavy atom. The second-order valence-electron chi connectivity index (χ2n) is 6.38. The summed E-state index contributed by atoms with van der Waals surface area (Å²) in [6.45, 7) is 3.89. The summed E-state index contributed by atoms with van der Waals surface area (Å²) in [5.41, 5.74) is 1.66. The van der Waals surface area contributed by atoms with E-state index in [1.54, 1.807) is 30.3 Å². The molecule has 0 bridgehead atoms. The SMILES string of the molecule is CC(C)C1Nc2ccccc2C(=O)N1CC(=O)Nc1ccccc1O. The molecule has 0 aliphatic carbocycles. The van der Waals surface area contributed by atoms with Gasteiger partial charge in [0.05, 0.1) is 11.3 Å². The van der Waals surface area contributed by atoms with Crippen LogP contribution in [0.3, 0.4) is 0 Å². The molecular weight excluding hydrogens is 318 g/mol. The van der Waals surface area contributed by atoms with Crippen molar-refractivity contribution in [2.24, 2.45) is 5.92 Å². The number of carbonyl (C=O) groups excluding carboxylic acids is 2. The van der Waals surface area contributed by atoms with Crippen molar-refractivity contribution in [1.29, 1.82) is 0 Å². The van der Waals surface area contributed by atoms with Crippen LogP contribution in [0.5, 0.6) is 5.75 Å². The molecule has 130 valence electrons. The van der Waals surface area contributed by atoms with Gasteiger partial charge in [0.1, 0.15) is 18.5 Å². The van der Waals surface area contributed by atoms with Gasteiger partial charge in [0, 0.05) is 5.69 Å². The number of benzene rings is 2. The second-order valence-corrected chi connectivity index (χ2v) is 6.38. The first kappa shape index (κ1) is 16.8. The van der Waals surface area contributed by atoms with Crippen LogP contribution in [0.15, 0.2) is 48.5 Å². The summed E-state index contributed by atoms with van der Waals surface area (Å²) in [5.74, 6) is -0.429. The van der Waals surface area contributed by atoms with Gasteiger partial charge in [0.15, 0.2) is 0 Å². The van der Waals surface area contributed by atoms with Crippen LogP contribution in [0.1, 0.15) is 24.2 Å². The van der Waals surface area contributed by atoms with Crippen molar-refractivity contribution in [1.82, 2.24) is 4.90 Å². The first-order valence-corrected chi connectivity index (χ1v) is 8.21. The zero-order valence-corrected chi connectivity index (χ0v) is 14.2. The minimum atomic E-state index is -0.360. The molecule has 0 aromatic heterocycles. The second kappa shape index (κ2) is 6.84. The van der Waals surface area contributed by atoms with Gasteiger partial charge >= 0.3 is 0 Å². The van der Waals surface area contributed by atoms with Crippen LogP contribution in [0.25, 0.3) is 0 Å². The maximum atomic E-state index is 12.8. The minimum absolute atomic E-state index is 0.00954. The molecule has 1 aliphatic heterocycles. The van der Waals surface area contributed by atoms with Crippen molar-refractivity contribution in [2.75, 3.05) is 17.2 Å². The van der Waals surface area contributed by atoms with Crippen molar-refractivity contribution in [3.05, 3.63) is 54.1 Å². The molecule has 1 heterocycles. The molecule has 6 heteroatoms. The van der Waals surface area contributed by atoms with Crippen LogP contribution in [0.4, 0.5) is 11.4 Å². The van der Waals surface area contributed by atoms with E-state index >= 15 is 0 Å². The first-order valence-electron chi connectivity index (χ1n) is 8.21. The number of para-hydroxylation sites is 3. The lowest BCUT2D eigenvalue weighted by Gasteiger charge is -2.39. The number of hydrogen-bond donors (Lipinski definition) is 3. The number of phenols is 1. The number of rotatable bonds is 4. The molecule has 1 aliphatic rings. The van der Waals surface area contributed by atoms with Crippen molar-refractivity contribution in [3.63, 3.8) is 0 Å². The van der Waals surface area contributed by atoms with Crippen molar-refractivity contribution in [3.8, 4) is 5.75 Å². The quantitative estimate of drug-likeness (QED) is 0.748. The molecular formula is C19H21N3O3. The molecule has 2 amide bonds. The topological polar surface area (TPSA) is 81.7 Å². The minimum Gasteiger partial charge on any atom is -0.506 e. The van der Waals surface area contributed by atoms with Gasteiger partial charge in [0.2, 0.25) is 5.91 Å². The molecule has 0 radical (unpaired) electrons. The standard InChI is InChI=1S/C19H21N3O3/c1-12(2)18-21-14-8-4-3-7-13(14)19(25)22(18)11-17(24)20-15-9-5-6-10-16(15)23/h3-10,12,18,21,23H,11H2,1-2H3,(H,20,24). The van der Waals surface area contributed by atoms with Gasteiger partial charge in [-0.15, -0.1) is 0 Å². The highest BCUT2D eigenvalue weighted by Gasteiger charge is 2.34. The number of hydrogen-bond acceptors (Lipinski definition) is 4. The summed E-state index contributed by atoms with van der Waals surface area (Å²) in [7, 11) is 0. The molecule has 3 rings (SSSR count). The number of carbonyl (C=O) groups is 2. The summed E-state index contributed by atoms with van der Waals surface area (Å²) in [6, 6.07) is 13.8. The highest BCUT2D eigenvalue weighted by atomic mass is 16.3. The molecule has 0 saturated heterocycles. The smallest absolute Gasteiger partial charge is 0.258 e. The van der Waals surface area contributed by atoms with E-state index in [9.17, 15) is 14.7 Å². The van der Waals surface area contributed by atoms with Crippen molar-refractivity contribution >= 4 is 23.2 Å². The van der Waals surface area contributed by atoms with E-state index in [1.165, 1.54) is 11.0 Å². The van der Waals surface area contributed by atoms with Gasteiger partial charge in [-0.05, 0) is 30.2 Å². The lowest BCUT2D eigenvalue weighted by Crippen LogP contribution is -2.53. The Kier molecular flexibility index (Phi) is 4.61. The average Bonchev–Trinajstić information content (AvgIpc) is 2.59. The van der Waals surface area contributed by atoms with Gasteiger partial charge in [-0.2, -0.15) is 0 Å². The maximum absolute atomic E-state index is 12.8. The fourth-order valence-corrected chi connectivity index (χ4v) is 2.93. The third-order valence-electron chi connectivity index (χ3n) is 4.18. The van der Waals surface area contributed by atoms with Gasteiger partial charge < -0.3 is 20.6 Å². The van der Waals surface area contributed by atoms with Gasteiger partial charge in [-0.1, -0.05) is 38.1 Å². The average molecular weight is 339 g/mol. The Morgan fingerprint density at radius 3 is 2.60 bits per heavy atom. The zero-order valence-electron chi connectivity index (χ0n) is 14.2. The summed E-state index contributed by atoms with van der Waals surface area (Å²) in [5, 5.41) is 15.8. The fourth-order valence-electron chi connectivity index (χ4n) is 2.93. The fraction of sp³-hybridized carbons (Fsp3) is 0.263. The van der Waals surface area contributed by atoms with E-state index in [2.05, 4.69) is 10.6 Å². The first-order chi connectivity index (χ1) is 12.0. The predicted octanol–water partition coefficient (Wildman–Crippen LogP) is 2.88. The van der Waals surface area contributed by atoms with E-state index in [0.29, 0.717) is 11.3 Å². The monoisotopic (exact) mass is 339 g/mol. The number of phenolic OH excluding ortho intramolecular Hbond substituents is 1. The summed E-state index contributed by atoms with van der Waals surface area (Å²) < 4.78 is 0. The molecule has 1 atom stereocenters. The van der Waals surface area contributed by atoms with Crippen molar-refractivity contribution in [2.45, 2.75) is 20.0 Å². The van der Waals surface area contributed by atoms with Crippen LogP contribution in [-0.4, -0.2) is 34.5 Å². The summed E-state index contributed by atoms with van der Waals surface area (Å²) in [6.07, 6.45) is -0.280. The summed E-state index contributed by atoms with van der Waals surface area (Å²) >= 11 is 0. The van der Waals surface area contributed by atoms with Crippen LogP contribution < -0.4 is 10.6 Å². The Hall–Kier alpha value is -3.02. The number of aromatic hydroxyl groups is 1. The number of anilines is 2. The Balaban J connectivity index is 1.81. The Bertz CT molecular complexity index is 804. The van der Waals surface area contributed by atoms with E-state index in [0.717, 1.165) is 5.69 Å². The molecule has 25 heavy (non-hydrogen) atoms.